The van der Waals surface area contributed by atoms with Gasteiger partial charge in [0.2, 0.25) is 15.8 Å². The van der Waals surface area contributed by atoms with E-state index in [9.17, 15) is 18.0 Å². The average Bonchev–Trinajstić information content (AvgIpc) is 3.28. The molecule has 1 aromatic heterocycles. The van der Waals surface area contributed by atoms with Crippen LogP contribution in [0.15, 0.2) is 30.3 Å². The molecule has 162 valence electrons. The molecule has 9 heteroatoms. The average molecular weight is 435 g/mol. The first kappa shape index (κ1) is 22.0. The summed E-state index contributed by atoms with van der Waals surface area (Å²) < 4.78 is 37.9. The number of hydrogen-bond acceptors (Lipinski definition) is 6. The van der Waals surface area contributed by atoms with Gasteiger partial charge < -0.3 is 14.0 Å². The van der Waals surface area contributed by atoms with E-state index in [1.165, 1.54) is 24.3 Å². The molecule has 1 N–H and O–H groups in total. The lowest BCUT2D eigenvalue weighted by molar-refractivity contribution is 0.0474. The van der Waals surface area contributed by atoms with Crippen molar-refractivity contribution in [3.63, 3.8) is 0 Å². The number of nitrogens with zero attached hydrogens (tertiary/aromatic N) is 1. The molecule has 0 bridgehead atoms. The molecule has 0 saturated carbocycles. The number of aromatic nitrogens is 1. The van der Waals surface area contributed by atoms with Crippen molar-refractivity contribution in [1.29, 1.82) is 0 Å². The van der Waals surface area contributed by atoms with Gasteiger partial charge in [-0.2, -0.15) is 0 Å². The van der Waals surface area contributed by atoms with E-state index in [-0.39, 0.29) is 23.1 Å². The quantitative estimate of drug-likeness (QED) is 0.506. The number of sulfonamides is 1. The molecule has 1 atom stereocenters. The highest BCUT2D eigenvalue weighted by Crippen LogP contribution is 2.21. The molecule has 2 aromatic rings. The Morgan fingerprint density at radius 1 is 1.27 bits per heavy atom. The van der Waals surface area contributed by atoms with Crippen LogP contribution in [0.3, 0.4) is 0 Å². The van der Waals surface area contributed by atoms with Gasteiger partial charge in [0.1, 0.15) is 0 Å². The fourth-order valence-electron chi connectivity index (χ4n) is 3.57. The predicted octanol–water partition coefficient (Wildman–Crippen LogP) is 2.70. The number of nitrogens with one attached hydrogen (secondary N) is 1. The molecule has 1 saturated heterocycles. The molecule has 1 aliphatic rings. The number of aryl methyl sites for hydroxylation is 1. The predicted molar refractivity (Wildman–Crippen MR) is 112 cm³/mol. The second kappa shape index (κ2) is 9.01. The standard InChI is InChI=1S/C21H26N2O6S/c1-14-10-19(15(2)23(14)12-18-8-5-9-28-18)20(24)13-29-21(25)16-6-4-7-17(11-16)22-30(3,26)27/h4,6-7,10-11,18,22H,5,8-9,12-13H2,1-3H3/t18-/m1/s1. The van der Waals surface area contributed by atoms with E-state index >= 15 is 0 Å². The van der Waals surface area contributed by atoms with Gasteiger partial charge in [-0.3, -0.25) is 9.52 Å². The van der Waals surface area contributed by atoms with Crippen molar-refractivity contribution in [2.24, 2.45) is 0 Å². The molecule has 30 heavy (non-hydrogen) atoms. The topological polar surface area (TPSA) is 104 Å². The van der Waals surface area contributed by atoms with Crippen molar-refractivity contribution in [3.05, 3.63) is 52.8 Å². The monoisotopic (exact) mass is 434 g/mol. The lowest BCUT2D eigenvalue weighted by Gasteiger charge is -2.14. The van der Waals surface area contributed by atoms with Gasteiger partial charge >= 0.3 is 5.97 Å². The Labute approximate surface area is 176 Å². The number of rotatable bonds is 8. The zero-order valence-electron chi connectivity index (χ0n) is 17.3. The van der Waals surface area contributed by atoms with Crippen molar-refractivity contribution in [1.82, 2.24) is 4.57 Å². The summed E-state index contributed by atoms with van der Waals surface area (Å²) in [5.41, 5.74) is 2.70. The van der Waals surface area contributed by atoms with Crippen LogP contribution >= 0.6 is 0 Å². The van der Waals surface area contributed by atoms with E-state index in [1.54, 1.807) is 6.07 Å². The molecule has 0 unspecified atom stereocenters. The zero-order chi connectivity index (χ0) is 21.9. The van der Waals surface area contributed by atoms with Crippen LogP contribution in [-0.4, -0.2) is 50.3 Å². The van der Waals surface area contributed by atoms with Crippen LogP contribution in [0.4, 0.5) is 5.69 Å². The third-order valence-electron chi connectivity index (χ3n) is 5.02. The number of esters is 1. The highest BCUT2D eigenvalue weighted by atomic mass is 32.2. The molecule has 1 aliphatic heterocycles. The molecule has 0 aliphatic carbocycles. The molecule has 8 nitrogen and oxygen atoms in total. The molecule has 1 fully saturated rings. The number of carbonyl (C=O) groups is 2. The van der Waals surface area contributed by atoms with Crippen molar-refractivity contribution in [2.75, 3.05) is 24.2 Å². The Morgan fingerprint density at radius 3 is 2.70 bits per heavy atom. The Bertz CT molecular complexity index is 1050. The first-order valence-corrected chi connectivity index (χ1v) is 11.6. The molecule has 0 amide bonds. The molecule has 2 heterocycles. The van der Waals surface area contributed by atoms with Crippen LogP contribution in [-0.2, 0) is 26.0 Å². The van der Waals surface area contributed by atoms with Crippen molar-refractivity contribution in [3.8, 4) is 0 Å². The smallest absolute Gasteiger partial charge is 0.338 e. The summed E-state index contributed by atoms with van der Waals surface area (Å²) in [4.78, 5) is 25.0. The Morgan fingerprint density at radius 2 is 2.03 bits per heavy atom. The van der Waals surface area contributed by atoms with E-state index in [2.05, 4.69) is 9.29 Å². The SMILES string of the molecule is Cc1cc(C(=O)COC(=O)c2cccc(NS(C)(=O)=O)c2)c(C)n1C[C@H]1CCCO1. The fourth-order valence-corrected chi connectivity index (χ4v) is 4.13. The fraction of sp³-hybridized carbons (Fsp3) is 0.429. The second-order valence-corrected chi connectivity index (χ2v) is 9.23. The van der Waals surface area contributed by atoms with Crippen LogP contribution < -0.4 is 4.72 Å². The maximum Gasteiger partial charge on any atom is 0.338 e. The number of carbonyl (C=O) groups excluding carboxylic acids is 2. The minimum absolute atomic E-state index is 0.153. The normalized spacial score (nSPS) is 16.4. The van der Waals surface area contributed by atoms with Crippen molar-refractivity contribution in [2.45, 2.75) is 39.3 Å². The van der Waals surface area contributed by atoms with Gasteiger partial charge in [-0.1, -0.05) is 6.07 Å². The van der Waals surface area contributed by atoms with Crippen LogP contribution in [0, 0.1) is 13.8 Å². The summed E-state index contributed by atoms with van der Waals surface area (Å²) in [6, 6.07) is 7.71. The summed E-state index contributed by atoms with van der Waals surface area (Å²) in [5.74, 6) is -0.992. The van der Waals surface area contributed by atoms with Gasteiger partial charge in [-0.05, 0) is 51.0 Å². The van der Waals surface area contributed by atoms with Gasteiger partial charge in [0.15, 0.2) is 6.61 Å². The molecular weight excluding hydrogens is 408 g/mol. The number of benzene rings is 1. The Kier molecular flexibility index (Phi) is 6.62. The molecule has 0 radical (unpaired) electrons. The van der Waals surface area contributed by atoms with E-state index in [4.69, 9.17) is 9.47 Å². The highest BCUT2D eigenvalue weighted by molar-refractivity contribution is 7.92. The maximum absolute atomic E-state index is 12.6. The van der Waals surface area contributed by atoms with Crippen molar-refractivity contribution >= 4 is 27.5 Å². The van der Waals surface area contributed by atoms with Gasteiger partial charge in [0.25, 0.3) is 0 Å². The second-order valence-electron chi connectivity index (χ2n) is 7.48. The Hall–Kier alpha value is -2.65. The van der Waals surface area contributed by atoms with Crippen LogP contribution in [0.1, 0.15) is 44.9 Å². The summed E-state index contributed by atoms with van der Waals surface area (Å²) in [6.45, 7) is 4.88. The van der Waals surface area contributed by atoms with Gasteiger partial charge in [-0.25, -0.2) is 13.2 Å². The summed E-state index contributed by atoms with van der Waals surface area (Å²) in [5, 5.41) is 0. The van der Waals surface area contributed by atoms with Gasteiger partial charge in [0.05, 0.1) is 17.9 Å². The number of ether oxygens (including phenoxy) is 2. The van der Waals surface area contributed by atoms with E-state index in [0.29, 0.717) is 12.1 Å². The summed E-state index contributed by atoms with van der Waals surface area (Å²) >= 11 is 0. The zero-order valence-corrected chi connectivity index (χ0v) is 18.1. The summed E-state index contributed by atoms with van der Waals surface area (Å²) in [7, 11) is -3.46. The van der Waals surface area contributed by atoms with Crippen LogP contribution in [0.5, 0.6) is 0 Å². The highest BCUT2D eigenvalue weighted by Gasteiger charge is 2.22. The lowest BCUT2D eigenvalue weighted by Crippen LogP contribution is -2.18. The van der Waals surface area contributed by atoms with E-state index < -0.39 is 22.6 Å². The minimum atomic E-state index is -3.46. The summed E-state index contributed by atoms with van der Waals surface area (Å²) in [6.07, 6.45) is 3.23. The molecule has 1 aromatic carbocycles. The lowest BCUT2D eigenvalue weighted by atomic mass is 10.1. The number of hydrogen-bond donors (Lipinski definition) is 1. The third-order valence-corrected chi connectivity index (χ3v) is 5.63. The van der Waals surface area contributed by atoms with Gasteiger partial charge in [0, 0.05) is 35.8 Å². The first-order valence-electron chi connectivity index (χ1n) is 9.70. The van der Waals surface area contributed by atoms with Crippen molar-refractivity contribution < 1.29 is 27.5 Å². The molecular formula is C21H26N2O6S. The molecule has 0 spiro atoms. The Balaban J connectivity index is 1.64. The van der Waals surface area contributed by atoms with Crippen LogP contribution in [0.2, 0.25) is 0 Å². The van der Waals surface area contributed by atoms with Crippen LogP contribution in [0.25, 0.3) is 0 Å². The number of ketones is 1. The van der Waals surface area contributed by atoms with Gasteiger partial charge in [-0.15, -0.1) is 0 Å². The molecule has 3 rings (SSSR count). The maximum atomic E-state index is 12.6. The number of Topliss-reactive ketones (excluding diaryl/α,β-unsaturated/α-hetero) is 1. The minimum Gasteiger partial charge on any atom is -0.454 e. The third kappa shape index (κ3) is 5.48. The van der Waals surface area contributed by atoms with E-state index in [0.717, 1.165) is 37.1 Å². The largest absolute Gasteiger partial charge is 0.454 e. The first-order chi connectivity index (χ1) is 14.1. The number of anilines is 1. The van der Waals surface area contributed by atoms with E-state index in [1.807, 2.05) is 13.8 Å².